The highest BCUT2D eigenvalue weighted by Gasteiger charge is 2.19. The number of hydrogen-bond donors (Lipinski definition) is 1. The minimum Gasteiger partial charge on any atom is -0.376 e. The van der Waals surface area contributed by atoms with Gasteiger partial charge in [0.2, 0.25) is 0 Å². The first-order chi connectivity index (χ1) is 11.4. The van der Waals surface area contributed by atoms with Crippen molar-refractivity contribution in [3.8, 4) is 6.07 Å². The summed E-state index contributed by atoms with van der Waals surface area (Å²) in [7, 11) is 0. The lowest BCUT2D eigenvalue weighted by Crippen LogP contribution is -2.28. The molecular formula is C19H27N3O2. The number of nitriles is 1. The summed E-state index contributed by atoms with van der Waals surface area (Å²) >= 11 is 0. The highest BCUT2D eigenvalue weighted by molar-refractivity contribution is 6.01. The summed E-state index contributed by atoms with van der Waals surface area (Å²) in [5, 5.41) is 12.1. The van der Waals surface area contributed by atoms with Crippen molar-refractivity contribution >= 4 is 12.0 Å². The molecule has 1 fully saturated rings. The van der Waals surface area contributed by atoms with E-state index in [1.165, 1.54) is 0 Å². The largest absolute Gasteiger partial charge is 0.376 e. The molecule has 0 bridgehead atoms. The molecule has 0 aliphatic carbocycles. The van der Waals surface area contributed by atoms with Gasteiger partial charge in [-0.2, -0.15) is 5.26 Å². The number of carbonyl (C=O) groups is 1. The van der Waals surface area contributed by atoms with Crippen molar-refractivity contribution in [1.82, 2.24) is 9.88 Å². The Kier molecular flexibility index (Phi) is 6.22. The molecule has 0 aromatic carbocycles. The van der Waals surface area contributed by atoms with Gasteiger partial charge in [0.1, 0.15) is 11.6 Å². The summed E-state index contributed by atoms with van der Waals surface area (Å²) in [6.07, 6.45) is 4.15. The van der Waals surface area contributed by atoms with Crippen LogP contribution in [0.2, 0.25) is 0 Å². The Morgan fingerprint density at radius 1 is 1.54 bits per heavy atom. The number of carbonyl (C=O) groups excluding carboxylic acids is 1. The third-order valence-electron chi connectivity index (χ3n) is 4.36. The molecule has 0 spiro atoms. The molecule has 5 heteroatoms. The predicted molar refractivity (Wildman–Crippen MR) is 94.3 cm³/mol. The van der Waals surface area contributed by atoms with E-state index in [0.29, 0.717) is 12.5 Å². The maximum absolute atomic E-state index is 12.1. The van der Waals surface area contributed by atoms with Crippen LogP contribution < -0.4 is 5.32 Å². The average molecular weight is 329 g/mol. The number of amides is 1. The Morgan fingerprint density at radius 2 is 2.29 bits per heavy atom. The highest BCUT2D eigenvalue weighted by Crippen LogP contribution is 2.22. The zero-order valence-corrected chi connectivity index (χ0v) is 15.1. The lowest BCUT2D eigenvalue weighted by atomic mass is 10.1. The summed E-state index contributed by atoms with van der Waals surface area (Å²) in [4.78, 5) is 12.1. The monoisotopic (exact) mass is 329 g/mol. The van der Waals surface area contributed by atoms with E-state index in [2.05, 4.69) is 9.88 Å². The Bertz CT molecular complexity index is 659. The molecule has 24 heavy (non-hydrogen) atoms. The van der Waals surface area contributed by atoms with Crippen LogP contribution in [0.25, 0.3) is 6.08 Å². The van der Waals surface area contributed by atoms with E-state index in [1.54, 1.807) is 6.08 Å². The van der Waals surface area contributed by atoms with Gasteiger partial charge in [-0.25, -0.2) is 0 Å². The van der Waals surface area contributed by atoms with Gasteiger partial charge in [-0.1, -0.05) is 13.8 Å². The van der Waals surface area contributed by atoms with Gasteiger partial charge in [-0.3, -0.25) is 4.79 Å². The van der Waals surface area contributed by atoms with Gasteiger partial charge >= 0.3 is 0 Å². The van der Waals surface area contributed by atoms with E-state index >= 15 is 0 Å². The summed E-state index contributed by atoms with van der Waals surface area (Å²) in [6, 6.07) is 4.04. The second kappa shape index (κ2) is 8.16. The Labute approximate surface area is 144 Å². The standard InChI is InChI=1S/C19H27N3O2/c1-13(2)11-21-19(23)17(10-20)9-16-8-14(3)22(15(16)4)12-18-6-5-7-24-18/h8-9,13,18H,5-7,11-12H2,1-4H3,(H,21,23)/b17-9+. The molecule has 2 rings (SSSR count). The molecule has 0 radical (unpaired) electrons. The van der Waals surface area contributed by atoms with Crippen molar-refractivity contribution in [3.63, 3.8) is 0 Å². The number of rotatable bonds is 6. The van der Waals surface area contributed by atoms with Gasteiger partial charge in [0.15, 0.2) is 0 Å². The second-order valence-electron chi connectivity index (χ2n) is 6.85. The Hall–Kier alpha value is -2.06. The van der Waals surface area contributed by atoms with Crippen LogP contribution >= 0.6 is 0 Å². The molecule has 2 heterocycles. The average Bonchev–Trinajstić information content (AvgIpc) is 3.14. The van der Waals surface area contributed by atoms with E-state index in [9.17, 15) is 10.1 Å². The molecule has 0 saturated carbocycles. The maximum atomic E-state index is 12.1. The van der Waals surface area contributed by atoms with Crippen LogP contribution in [0, 0.1) is 31.1 Å². The number of nitrogens with one attached hydrogen (secondary N) is 1. The third-order valence-corrected chi connectivity index (χ3v) is 4.36. The van der Waals surface area contributed by atoms with Crippen molar-refractivity contribution in [1.29, 1.82) is 5.26 Å². The normalized spacial score (nSPS) is 18.0. The van der Waals surface area contributed by atoms with Gasteiger partial charge in [0.05, 0.1) is 6.10 Å². The van der Waals surface area contributed by atoms with Crippen molar-refractivity contribution in [2.75, 3.05) is 13.2 Å². The molecule has 1 aromatic heterocycles. The van der Waals surface area contributed by atoms with Gasteiger partial charge < -0.3 is 14.6 Å². The summed E-state index contributed by atoms with van der Waals surface area (Å²) in [5.41, 5.74) is 3.25. The summed E-state index contributed by atoms with van der Waals surface area (Å²) in [5.74, 6) is 0.0421. The first-order valence-corrected chi connectivity index (χ1v) is 8.60. The Balaban J connectivity index is 2.18. The Morgan fingerprint density at radius 3 is 2.88 bits per heavy atom. The zero-order chi connectivity index (χ0) is 17.7. The predicted octanol–water partition coefficient (Wildman–Crippen LogP) is 2.96. The quantitative estimate of drug-likeness (QED) is 0.644. The molecule has 1 aromatic rings. The number of aryl methyl sites for hydroxylation is 1. The number of aromatic nitrogens is 1. The first kappa shape index (κ1) is 18.3. The molecule has 5 nitrogen and oxygen atoms in total. The number of nitrogens with zero attached hydrogens (tertiary/aromatic N) is 2. The van der Waals surface area contributed by atoms with E-state index in [0.717, 1.165) is 42.9 Å². The topological polar surface area (TPSA) is 67.0 Å². The zero-order valence-electron chi connectivity index (χ0n) is 15.1. The summed E-state index contributed by atoms with van der Waals surface area (Å²) < 4.78 is 7.93. The summed E-state index contributed by atoms with van der Waals surface area (Å²) in [6.45, 7) is 10.3. The van der Waals surface area contributed by atoms with Gasteiger partial charge in [-0.15, -0.1) is 0 Å². The van der Waals surface area contributed by atoms with Crippen LogP contribution in [0.15, 0.2) is 11.6 Å². The maximum Gasteiger partial charge on any atom is 0.261 e. The second-order valence-corrected chi connectivity index (χ2v) is 6.85. The van der Waals surface area contributed by atoms with Crippen molar-refractivity contribution in [2.24, 2.45) is 5.92 Å². The fourth-order valence-corrected chi connectivity index (χ4v) is 2.94. The fourth-order valence-electron chi connectivity index (χ4n) is 2.94. The van der Waals surface area contributed by atoms with Gasteiger partial charge in [0, 0.05) is 31.1 Å². The molecular weight excluding hydrogens is 302 g/mol. The minimum atomic E-state index is -0.310. The molecule has 130 valence electrons. The molecule has 1 unspecified atom stereocenters. The SMILES string of the molecule is Cc1cc(/C=C(\C#N)C(=O)NCC(C)C)c(C)n1CC1CCCO1. The van der Waals surface area contributed by atoms with E-state index in [1.807, 2.05) is 39.8 Å². The van der Waals surface area contributed by atoms with Crippen LogP contribution in [0.3, 0.4) is 0 Å². The van der Waals surface area contributed by atoms with Crippen LogP contribution in [-0.4, -0.2) is 29.7 Å². The number of hydrogen-bond acceptors (Lipinski definition) is 3. The van der Waals surface area contributed by atoms with Crippen LogP contribution in [0.1, 0.15) is 43.6 Å². The van der Waals surface area contributed by atoms with Crippen LogP contribution in [0.4, 0.5) is 0 Å². The smallest absolute Gasteiger partial charge is 0.261 e. The first-order valence-electron chi connectivity index (χ1n) is 8.60. The van der Waals surface area contributed by atoms with Crippen LogP contribution in [0.5, 0.6) is 0 Å². The molecule has 1 saturated heterocycles. The molecule has 1 aliphatic rings. The van der Waals surface area contributed by atoms with E-state index in [-0.39, 0.29) is 17.6 Å². The van der Waals surface area contributed by atoms with E-state index < -0.39 is 0 Å². The molecule has 1 atom stereocenters. The lowest BCUT2D eigenvalue weighted by molar-refractivity contribution is -0.117. The van der Waals surface area contributed by atoms with Crippen molar-refractivity contribution < 1.29 is 9.53 Å². The number of ether oxygens (including phenoxy) is 1. The third kappa shape index (κ3) is 4.48. The minimum absolute atomic E-state index is 0.146. The fraction of sp³-hybridized carbons (Fsp3) is 0.579. The molecule has 1 N–H and O–H groups in total. The highest BCUT2D eigenvalue weighted by atomic mass is 16.5. The van der Waals surface area contributed by atoms with Crippen LogP contribution in [-0.2, 0) is 16.1 Å². The lowest BCUT2D eigenvalue weighted by Gasteiger charge is -2.14. The van der Waals surface area contributed by atoms with E-state index in [4.69, 9.17) is 4.74 Å². The molecule has 1 aliphatic heterocycles. The van der Waals surface area contributed by atoms with Crippen molar-refractivity contribution in [2.45, 2.75) is 53.2 Å². The van der Waals surface area contributed by atoms with Gasteiger partial charge in [-0.05, 0) is 50.3 Å². The van der Waals surface area contributed by atoms with Gasteiger partial charge in [0.25, 0.3) is 5.91 Å². The molecule has 1 amide bonds. The van der Waals surface area contributed by atoms with Crippen molar-refractivity contribution in [3.05, 3.63) is 28.6 Å².